The third kappa shape index (κ3) is 1.18. The van der Waals surface area contributed by atoms with Crippen LogP contribution in [-0.2, 0) is 0 Å². The molecule has 4 heteroatoms. The fraction of sp³-hybridized carbons (Fsp3) is 0.444. The number of allylic oxidation sites excluding steroid dienone is 1. The van der Waals surface area contributed by atoms with Crippen molar-refractivity contribution in [3.05, 3.63) is 17.5 Å². The van der Waals surface area contributed by atoms with Gasteiger partial charge in [-0.05, 0) is 19.9 Å². The number of hydrogen-bond acceptors (Lipinski definition) is 3. The Bertz CT molecular complexity index is 376. The van der Waals surface area contributed by atoms with Gasteiger partial charge in [0.1, 0.15) is 0 Å². The Balaban J connectivity index is 2.55. The highest BCUT2D eigenvalue weighted by atomic mass is 16.1. The molecular formula is C9H11N3O. The first-order chi connectivity index (χ1) is 6.20. The number of carbonyl (C=O) groups excluding carboxylic acids is 1. The van der Waals surface area contributed by atoms with Crippen LogP contribution >= 0.6 is 0 Å². The van der Waals surface area contributed by atoms with Crippen molar-refractivity contribution in [2.75, 3.05) is 0 Å². The highest BCUT2D eigenvalue weighted by Crippen LogP contribution is 2.19. The Morgan fingerprint density at radius 2 is 2.31 bits per heavy atom. The molecule has 1 aliphatic carbocycles. The van der Waals surface area contributed by atoms with Gasteiger partial charge in [0.15, 0.2) is 11.5 Å². The van der Waals surface area contributed by atoms with Crippen molar-refractivity contribution in [2.24, 2.45) is 0 Å². The van der Waals surface area contributed by atoms with Gasteiger partial charge in [0, 0.05) is 12.5 Å². The number of Topliss-reactive ketones (excluding diaryl/α,β-unsaturated/α-hetero) is 1. The lowest BCUT2D eigenvalue weighted by molar-refractivity contribution is 0.0989. The lowest BCUT2D eigenvalue weighted by Crippen LogP contribution is -2.09. The molecule has 0 fully saturated rings. The molecule has 1 heterocycles. The fourth-order valence-corrected chi connectivity index (χ4v) is 1.41. The van der Waals surface area contributed by atoms with E-state index in [0.717, 1.165) is 5.69 Å². The standard InChI is InChI=1S/C9H11N3O/c1-6(2)12-7-4-3-5-8(13)9(7)10-11-12/h3-4,6H,5H2,1-2H3. The van der Waals surface area contributed by atoms with E-state index in [9.17, 15) is 4.79 Å². The maximum atomic E-state index is 11.4. The molecule has 0 N–H and O–H groups in total. The fourth-order valence-electron chi connectivity index (χ4n) is 1.41. The van der Waals surface area contributed by atoms with E-state index in [0.29, 0.717) is 12.1 Å². The first-order valence-electron chi connectivity index (χ1n) is 4.35. The van der Waals surface area contributed by atoms with E-state index in [1.165, 1.54) is 0 Å². The van der Waals surface area contributed by atoms with Crippen LogP contribution in [0.2, 0.25) is 0 Å². The van der Waals surface area contributed by atoms with E-state index >= 15 is 0 Å². The molecule has 0 saturated carbocycles. The van der Waals surface area contributed by atoms with E-state index in [2.05, 4.69) is 10.3 Å². The van der Waals surface area contributed by atoms with Crippen molar-refractivity contribution in [3.63, 3.8) is 0 Å². The molecule has 13 heavy (non-hydrogen) atoms. The van der Waals surface area contributed by atoms with Gasteiger partial charge in [-0.25, -0.2) is 4.68 Å². The molecule has 1 aromatic heterocycles. The Labute approximate surface area is 76.2 Å². The van der Waals surface area contributed by atoms with E-state index < -0.39 is 0 Å². The molecule has 1 aromatic rings. The Morgan fingerprint density at radius 1 is 1.54 bits per heavy atom. The first kappa shape index (κ1) is 8.16. The smallest absolute Gasteiger partial charge is 0.189 e. The lowest BCUT2D eigenvalue weighted by Gasteiger charge is -2.08. The molecule has 0 aliphatic heterocycles. The van der Waals surface area contributed by atoms with Crippen LogP contribution in [0.1, 0.15) is 42.5 Å². The lowest BCUT2D eigenvalue weighted by atomic mass is 10.1. The molecule has 0 saturated heterocycles. The van der Waals surface area contributed by atoms with Gasteiger partial charge in [0.2, 0.25) is 0 Å². The summed E-state index contributed by atoms with van der Waals surface area (Å²) in [4.78, 5) is 11.4. The second-order valence-electron chi connectivity index (χ2n) is 3.39. The molecule has 0 amide bonds. The summed E-state index contributed by atoms with van der Waals surface area (Å²) in [6.45, 7) is 4.03. The summed E-state index contributed by atoms with van der Waals surface area (Å²) < 4.78 is 1.77. The summed E-state index contributed by atoms with van der Waals surface area (Å²) in [6, 6.07) is 0.242. The summed E-state index contributed by atoms with van der Waals surface area (Å²) in [5.74, 6) is 0.0596. The maximum absolute atomic E-state index is 11.4. The van der Waals surface area contributed by atoms with Gasteiger partial charge in [-0.1, -0.05) is 11.3 Å². The monoisotopic (exact) mass is 177 g/mol. The van der Waals surface area contributed by atoms with Crippen LogP contribution in [0.3, 0.4) is 0 Å². The number of hydrogen-bond donors (Lipinski definition) is 0. The van der Waals surface area contributed by atoms with Crippen LogP contribution < -0.4 is 0 Å². The molecule has 0 unspecified atom stereocenters. The predicted molar refractivity (Wildman–Crippen MR) is 48.4 cm³/mol. The molecule has 2 rings (SSSR count). The number of nitrogens with zero attached hydrogens (tertiary/aromatic N) is 3. The van der Waals surface area contributed by atoms with Gasteiger partial charge in [-0.15, -0.1) is 5.10 Å². The van der Waals surface area contributed by atoms with E-state index in [1.807, 2.05) is 26.0 Å². The van der Waals surface area contributed by atoms with Gasteiger partial charge in [0.05, 0.1) is 5.69 Å². The van der Waals surface area contributed by atoms with E-state index in [4.69, 9.17) is 0 Å². The number of rotatable bonds is 1. The summed E-state index contributed by atoms with van der Waals surface area (Å²) >= 11 is 0. The number of carbonyl (C=O) groups is 1. The van der Waals surface area contributed by atoms with Crippen LogP contribution in [0.5, 0.6) is 0 Å². The van der Waals surface area contributed by atoms with Crippen LogP contribution in [-0.4, -0.2) is 20.8 Å². The zero-order valence-corrected chi connectivity index (χ0v) is 7.69. The van der Waals surface area contributed by atoms with Crippen molar-refractivity contribution in [1.29, 1.82) is 0 Å². The average molecular weight is 177 g/mol. The van der Waals surface area contributed by atoms with E-state index in [-0.39, 0.29) is 11.8 Å². The Hall–Kier alpha value is -1.45. The first-order valence-corrected chi connectivity index (χ1v) is 4.35. The summed E-state index contributed by atoms with van der Waals surface area (Å²) in [5, 5.41) is 7.81. The minimum absolute atomic E-state index is 0.0596. The van der Waals surface area contributed by atoms with Crippen LogP contribution in [0, 0.1) is 0 Å². The quantitative estimate of drug-likeness (QED) is 0.652. The summed E-state index contributed by atoms with van der Waals surface area (Å²) in [6.07, 6.45) is 4.22. The molecule has 0 radical (unpaired) electrons. The van der Waals surface area contributed by atoms with Gasteiger partial charge >= 0.3 is 0 Å². The third-order valence-electron chi connectivity index (χ3n) is 2.06. The van der Waals surface area contributed by atoms with Gasteiger partial charge in [0.25, 0.3) is 0 Å². The second-order valence-corrected chi connectivity index (χ2v) is 3.39. The predicted octanol–water partition coefficient (Wildman–Crippen LogP) is 1.46. The Morgan fingerprint density at radius 3 is 3.00 bits per heavy atom. The minimum Gasteiger partial charge on any atom is -0.292 e. The molecule has 1 aliphatic rings. The third-order valence-corrected chi connectivity index (χ3v) is 2.06. The molecule has 4 nitrogen and oxygen atoms in total. The largest absolute Gasteiger partial charge is 0.292 e. The minimum atomic E-state index is 0.0596. The molecule has 0 aromatic carbocycles. The van der Waals surface area contributed by atoms with Crippen molar-refractivity contribution in [3.8, 4) is 0 Å². The number of ketones is 1. The maximum Gasteiger partial charge on any atom is 0.189 e. The van der Waals surface area contributed by atoms with Crippen LogP contribution in [0.4, 0.5) is 0 Å². The Kier molecular flexibility index (Phi) is 1.76. The molecule has 0 bridgehead atoms. The van der Waals surface area contributed by atoms with Gasteiger partial charge < -0.3 is 0 Å². The zero-order chi connectivity index (χ0) is 9.42. The summed E-state index contributed by atoms with van der Waals surface area (Å²) in [7, 11) is 0. The van der Waals surface area contributed by atoms with Gasteiger partial charge in [-0.3, -0.25) is 4.79 Å². The van der Waals surface area contributed by atoms with Crippen molar-refractivity contribution in [2.45, 2.75) is 26.3 Å². The molecular weight excluding hydrogens is 166 g/mol. The van der Waals surface area contributed by atoms with E-state index in [1.54, 1.807) is 4.68 Å². The number of fused-ring (bicyclic) bond motifs is 1. The molecule has 0 atom stereocenters. The molecule has 68 valence electrons. The average Bonchev–Trinajstić information content (AvgIpc) is 2.48. The van der Waals surface area contributed by atoms with Crippen molar-refractivity contribution >= 4 is 11.9 Å². The SMILES string of the molecule is CC(C)n1nnc2c1C=CCC2=O. The van der Waals surface area contributed by atoms with Crippen LogP contribution in [0.25, 0.3) is 6.08 Å². The topological polar surface area (TPSA) is 47.8 Å². The highest BCUT2D eigenvalue weighted by molar-refractivity contribution is 6.00. The summed E-state index contributed by atoms with van der Waals surface area (Å²) in [5.41, 5.74) is 1.35. The molecule has 0 spiro atoms. The zero-order valence-electron chi connectivity index (χ0n) is 7.69. The van der Waals surface area contributed by atoms with Crippen molar-refractivity contribution in [1.82, 2.24) is 15.0 Å². The van der Waals surface area contributed by atoms with Gasteiger partial charge in [-0.2, -0.15) is 0 Å². The number of aromatic nitrogens is 3. The normalized spacial score (nSPS) is 15.2. The highest BCUT2D eigenvalue weighted by Gasteiger charge is 2.20. The van der Waals surface area contributed by atoms with Crippen molar-refractivity contribution < 1.29 is 4.79 Å². The second kappa shape index (κ2) is 2.80. The van der Waals surface area contributed by atoms with Crippen LogP contribution in [0.15, 0.2) is 6.08 Å².